The molecule has 0 aliphatic rings. The van der Waals surface area contributed by atoms with Crippen molar-refractivity contribution in [3.05, 3.63) is 35.4 Å². The van der Waals surface area contributed by atoms with E-state index in [1.807, 2.05) is 6.92 Å². The van der Waals surface area contributed by atoms with Gasteiger partial charge in [-0.3, -0.25) is 4.79 Å². The van der Waals surface area contributed by atoms with E-state index in [-0.39, 0.29) is 12.5 Å². The summed E-state index contributed by atoms with van der Waals surface area (Å²) in [5.74, 6) is 0.383. The Morgan fingerprint density at radius 2 is 1.94 bits per heavy atom. The van der Waals surface area contributed by atoms with Crippen LogP contribution in [0.2, 0.25) is 0 Å². The van der Waals surface area contributed by atoms with Crippen molar-refractivity contribution in [1.29, 1.82) is 0 Å². The van der Waals surface area contributed by atoms with Crippen molar-refractivity contribution in [1.82, 2.24) is 5.32 Å². The van der Waals surface area contributed by atoms with Gasteiger partial charge in [-0.15, -0.1) is 0 Å². The topological polar surface area (TPSA) is 38.3 Å². The lowest BCUT2D eigenvalue weighted by atomic mass is 10.0. The fourth-order valence-electron chi connectivity index (χ4n) is 1.70. The first kappa shape index (κ1) is 14.7. The second-order valence-electron chi connectivity index (χ2n) is 4.63. The second-order valence-corrected chi connectivity index (χ2v) is 4.63. The first-order valence-corrected chi connectivity index (χ1v) is 6.58. The zero-order chi connectivity index (χ0) is 13.4. The monoisotopic (exact) mass is 249 g/mol. The summed E-state index contributed by atoms with van der Waals surface area (Å²) in [6, 6.07) is 8.65. The van der Waals surface area contributed by atoms with Crippen molar-refractivity contribution in [2.24, 2.45) is 0 Å². The van der Waals surface area contributed by atoms with Crippen LogP contribution in [-0.4, -0.2) is 25.7 Å². The molecule has 3 nitrogen and oxygen atoms in total. The number of carbonyl (C=O) groups is 1. The summed E-state index contributed by atoms with van der Waals surface area (Å²) in [6.45, 7) is 7.72. The van der Waals surface area contributed by atoms with Gasteiger partial charge in [0.05, 0.1) is 13.2 Å². The average Bonchev–Trinajstić information content (AvgIpc) is 2.35. The van der Waals surface area contributed by atoms with Crippen LogP contribution in [0.5, 0.6) is 0 Å². The van der Waals surface area contributed by atoms with Crippen molar-refractivity contribution in [3.63, 3.8) is 0 Å². The molecule has 0 bridgehead atoms. The first-order valence-electron chi connectivity index (χ1n) is 6.58. The van der Waals surface area contributed by atoms with Gasteiger partial charge in [0.15, 0.2) is 0 Å². The molecule has 0 saturated carbocycles. The lowest BCUT2D eigenvalue weighted by molar-refractivity contribution is -0.141. The van der Waals surface area contributed by atoms with Crippen LogP contribution in [0.3, 0.4) is 0 Å². The smallest absolute Gasteiger partial charge is 0.319 e. The molecule has 0 atom stereocenters. The highest BCUT2D eigenvalue weighted by Gasteiger charge is 2.01. The van der Waals surface area contributed by atoms with E-state index in [4.69, 9.17) is 4.74 Å². The number of hydrogen-bond acceptors (Lipinski definition) is 3. The van der Waals surface area contributed by atoms with Gasteiger partial charge in [0.2, 0.25) is 0 Å². The zero-order valence-electron chi connectivity index (χ0n) is 11.5. The number of rotatable bonds is 7. The van der Waals surface area contributed by atoms with Gasteiger partial charge < -0.3 is 10.1 Å². The zero-order valence-corrected chi connectivity index (χ0v) is 11.5. The van der Waals surface area contributed by atoms with Gasteiger partial charge in [-0.25, -0.2) is 0 Å². The van der Waals surface area contributed by atoms with Crippen molar-refractivity contribution in [2.75, 3.05) is 19.7 Å². The predicted octanol–water partition coefficient (Wildman–Crippen LogP) is 2.51. The highest BCUT2D eigenvalue weighted by Crippen LogP contribution is 2.14. The molecule has 0 aliphatic carbocycles. The van der Waals surface area contributed by atoms with E-state index in [1.54, 1.807) is 0 Å². The molecular formula is C15H23NO2. The van der Waals surface area contributed by atoms with E-state index >= 15 is 0 Å². The third-order valence-electron chi connectivity index (χ3n) is 2.81. The van der Waals surface area contributed by atoms with Gasteiger partial charge in [-0.2, -0.15) is 0 Å². The maximum absolute atomic E-state index is 11.1. The molecular weight excluding hydrogens is 226 g/mol. The van der Waals surface area contributed by atoms with Crippen LogP contribution >= 0.6 is 0 Å². The van der Waals surface area contributed by atoms with Crippen LogP contribution in [-0.2, 0) is 16.0 Å². The van der Waals surface area contributed by atoms with E-state index in [9.17, 15) is 4.79 Å². The quantitative estimate of drug-likeness (QED) is 0.596. The van der Waals surface area contributed by atoms with Crippen LogP contribution in [0.25, 0.3) is 0 Å². The summed E-state index contributed by atoms with van der Waals surface area (Å²) < 4.78 is 4.83. The number of benzene rings is 1. The van der Waals surface area contributed by atoms with Gasteiger partial charge in [0.25, 0.3) is 0 Å². The van der Waals surface area contributed by atoms with Crippen LogP contribution in [0.4, 0.5) is 0 Å². The summed E-state index contributed by atoms with van der Waals surface area (Å²) >= 11 is 0. The first-order chi connectivity index (χ1) is 8.63. The molecule has 0 saturated heterocycles. The Hall–Kier alpha value is -1.35. The summed E-state index contributed by atoms with van der Waals surface area (Å²) in [6.07, 6.45) is 0.928. The molecule has 0 fully saturated rings. The molecule has 18 heavy (non-hydrogen) atoms. The predicted molar refractivity (Wildman–Crippen MR) is 73.7 cm³/mol. The number of ether oxygens (including phenoxy) is 1. The van der Waals surface area contributed by atoms with E-state index in [0.717, 1.165) is 13.0 Å². The fraction of sp³-hybridized carbons (Fsp3) is 0.533. The molecule has 0 radical (unpaired) electrons. The average molecular weight is 249 g/mol. The molecule has 1 aromatic carbocycles. The molecule has 0 aliphatic heterocycles. The normalized spacial score (nSPS) is 10.7. The van der Waals surface area contributed by atoms with Crippen molar-refractivity contribution < 1.29 is 9.53 Å². The fourth-order valence-corrected chi connectivity index (χ4v) is 1.70. The van der Waals surface area contributed by atoms with Gasteiger partial charge in [0.1, 0.15) is 0 Å². The lowest BCUT2D eigenvalue weighted by Gasteiger charge is -2.07. The highest BCUT2D eigenvalue weighted by atomic mass is 16.5. The highest BCUT2D eigenvalue weighted by molar-refractivity contribution is 5.71. The SMILES string of the molecule is CCOC(=O)CNCCc1ccc(C(C)C)cc1. The minimum atomic E-state index is -0.187. The molecule has 0 unspecified atom stereocenters. The molecule has 1 aromatic rings. The van der Waals surface area contributed by atoms with Gasteiger partial charge in [0, 0.05) is 0 Å². The maximum atomic E-state index is 11.1. The molecule has 1 rings (SSSR count). The van der Waals surface area contributed by atoms with Crippen LogP contribution < -0.4 is 5.32 Å². The van der Waals surface area contributed by atoms with Crippen molar-refractivity contribution >= 4 is 5.97 Å². The van der Waals surface area contributed by atoms with E-state index in [1.165, 1.54) is 11.1 Å². The Balaban J connectivity index is 2.25. The van der Waals surface area contributed by atoms with Gasteiger partial charge >= 0.3 is 5.97 Å². The summed E-state index contributed by atoms with van der Waals surface area (Å²) in [7, 11) is 0. The van der Waals surface area contributed by atoms with Crippen molar-refractivity contribution in [2.45, 2.75) is 33.1 Å². The number of esters is 1. The minimum absolute atomic E-state index is 0.187. The number of hydrogen-bond donors (Lipinski definition) is 1. The second kappa shape index (κ2) is 7.88. The standard InChI is InChI=1S/C15H23NO2/c1-4-18-15(17)11-16-10-9-13-5-7-14(8-6-13)12(2)3/h5-8,12,16H,4,9-11H2,1-3H3. The molecule has 1 N–H and O–H groups in total. The third kappa shape index (κ3) is 5.32. The molecule has 0 heterocycles. The molecule has 0 aromatic heterocycles. The van der Waals surface area contributed by atoms with Crippen LogP contribution in [0.15, 0.2) is 24.3 Å². The summed E-state index contributed by atoms with van der Waals surface area (Å²) in [4.78, 5) is 11.1. The molecule has 0 spiro atoms. The number of nitrogens with one attached hydrogen (secondary N) is 1. The third-order valence-corrected chi connectivity index (χ3v) is 2.81. The van der Waals surface area contributed by atoms with Gasteiger partial charge in [-0.05, 0) is 36.9 Å². The summed E-state index contributed by atoms with van der Waals surface area (Å²) in [5.41, 5.74) is 2.65. The Kier molecular flexibility index (Phi) is 6.44. The lowest BCUT2D eigenvalue weighted by Crippen LogP contribution is -2.26. The maximum Gasteiger partial charge on any atom is 0.319 e. The summed E-state index contributed by atoms with van der Waals surface area (Å²) in [5, 5.41) is 3.08. The van der Waals surface area contributed by atoms with E-state index in [0.29, 0.717) is 12.5 Å². The Morgan fingerprint density at radius 3 is 2.50 bits per heavy atom. The molecule has 100 valence electrons. The Labute approximate surface area is 110 Å². The molecule has 0 amide bonds. The van der Waals surface area contributed by atoms with E-state index in [2.05, 4.69) is 43.4 Å². The Morgan fingerprint density at radius 1 is 1.28 bits per heavy atom. The van der Waals surface area contributed by atoms with Gasteiger partial charge in [-0.1, -0.05) is 38.1 Å². The Bertz CT molecular complexity index is 357. The van der Waals surface area contributed by atoms with Crippen LogP contribution in [0, 0.1) is 0 Å². The van der Waals surface area contributed by atoms with Crippen LogP contribution in [0.1, 0.15) is 37.8 Å². The molecule has 3 heteroatoms. The van der Waals surface area contributed by atoms with Crippen molar-refractivity contribution in [3.8, 4) is 0 Å². The largest absolute Gasteiger partial charge is 0.465 e. The minimum Gasteiger partial charge on any atom is -0.465 e. The van der Waals surface area contributed by atoms with E-state index < -0.39 is 0 Å². The number of carbonyl (C=O) groups excluding carboxylic acids is 1.